The standard InChI is InChI=1S/C16H20N2O5/c1-9(2)14(17-15(19)13-6-5-7-21-13)16(20)22-8-12-10(3)18-23-11(12)4/h5-7,9,14H,8H2,1-4H3,(H,17,19)/t14-/m0/s1. The van der Waals surface area contributed by atoms with Gasteiger partial charge in [-0.2, -0.15) is 0 Å². The van der Waals surface area contributed by atoms with Crippen molar-refractivity contribution in [3.63, 3.8) is 0 Å². The van der Waals surface area contributed by atoms with Crippen LogP contribution in [-0.2, 0) is 16.1 Å². The number of hydrogen-bond donors (Lipinski definition) is 1. The van der Waals surface area contributed by atoms with E-state index in [0.29, 0.717) is 11.5 Å². The number of amides is 1. The van der Waals surface area contributed by atoms with Gasteiger partial charge in [0.25, 0.3) is 5.91 Å². The van der Waals surface area contributed by atoms with E-state index in [1.807, 2.05) is 13.8 Å². The number of esters is 1. The SMILES string of the molecule is Cc1noc(C)c1COC(=O)[C@@H](NC(=O)c1ccco1)C(C)C. The summed E-state index contributed by atoms with van der Waals surface area (Å²) in [7, 11) is 0. The average molecular weight is 320 g/mol. The van der Waals surface area contributed by atoms with Crippen LogP contribution in [0.5, 0.6) is 0 Å². The molecule has 0 spiro atoms. The molecule has 0 aliphatic heterocycles. The van der Waals surface area contributed by atoms with Gasteiger partial charge >= 0.3 is 5.97 Å². The average Bonchev–Trinajstić information content (AvgIpc) is 3.13. The normalized spacial score (nSPS) is 12.2. The molecule has 1 N–H and O–H groups in total. The van der Waals surface area contributed by atoms with E-state index < -0.39 is 17.9 Å². The highest BCUT2D eigenvalue weighted by Crippen LogP contribution is 2.15. The molecule has 23 heavy (non-hydrogen) atoms. The van der Waals surface area contributed by atoms with E-state index >= 15 is 0 Å². The van der Waals surface area contributed by atoms with E-state index in [0.717, 1.165) is 5.56 Å². The van der Waals surface area contributed by atoms with E-state index in [1.165, 1.54) is 12.3 Å². The lowest BCUT2D eigenvalue weighted by Gasteiger charge is -2.20. The third-order valence-electron chi connectivity index (χ3n) is 3.49. The highest BCUT2D eigenvalue weighted by molar-refractivity contribution is 5.94. The fraction of sp³-hybridized carbons (Fsp3) is 0.438. The van der Waals surface area contributed by atoms with Gasteiger partial charge in [-0.3, -0.25) is 4.79 Å². The molecule has 0 aliphatic rings. The number of ether oxygens (including phenoxy) is 1. The maximum absolute atomic E-state index is 12.3. The predicted octanol–water partition coefficient (Wildman–Crippen LogP) is 2.38. The summed E-state index contributed by atoms with van der Waals surface area (Å²) in [6.45, 7) is 7.23. The lowest BCUT2D eigenvalue weighted by atomic mass is 10.0. The molecule has 0 saturated heterocycles. The van der Waals surface area contributed by atoms with Gasteiger partial charge in [-0.1, -0.05) is 19.0 Å². The minimum atomic E-state index is -0.770. The van der Waals surface area contributed by atoms with E-state index in [4.69, 9.17) is 13.7 Å². The van der Waals surface area contributed by atoms with Crippen LogP contribution in [-0.4, -0.2) is 23.1 Å². The molecule has 2 rings (SSSR count). The number of aromatic nitrogens is 1. The molecule has 2 heterocycles. The monoisotopic (exact) mass is 320 g/mol. The van der Waals surface area contributed by atoms with Crippen molar-refractivity contribution >= 4 is 11.9 Å². The molecule has 1 atom stereocenters. The summed E-state index contributed by atoms with van der Waals surface area (Å²) in [5.74, 6) is -0.348. The minimum Gasteiger partial charge on any atom is -0.459 e. The van der Waals surface area contributed by atoms with Crippen LogP contribution in [0.15, 0.2) is 27.3 Å². The van der Waals surface area contributed by atoms with Crippen LogP contribution in [0.4, 0.5) is 0 Å². The van der Waals surface area contributed by atoms with Gasteiger partial charge in [-0.05, 0) is 31.9 Å². The number of hydrogen-bond acceptors (Lipinski definition) is 6. The largest absolute Gasteiger partial charge is 0.459 e. The highest BCUT2D eigenvalue weighted by Gasteiger charge is 2.27. The van der Waals surface area contributed by atoms with Gasteiger partial charge in [0.2, 0.25) is 0 Å². The van der Waals surface area contributed by atoms with Crippen molar-refractivity contribution in [1.29, 1.82) is 0 Å². The predicted molar refractivity (Wildman–Crippen MR) is 80.6 cm³/mol. The second-order valence-corrected chi connectivity index (χ2v) is 5.58. The molecule has 0 fully saturated rings. The molecule has 7 heteroatoms. The Morgan fingerprint density at radius 2 is 2.09 bits per heavy atom. The zero-order valence-corrected chi connectivity index (χ0v) is 13.6. The first-order valence-electron chi connectivity index (χ1n) is 7.33. The summed E-state index contributed by atoms with van der Waals surface area (Å²) in [5, 5.41) is 6.44. The molecule has 0 aliphatic carbocycles. The number of carbonyl (C=O) groups excluding carboxylic acids is 2. The Labute approximate surface area is 134 Å². The molecule has 0 radical (unpaired) electrons. The molecule has 2 aromatic rings. The van der Waals surface area contributed by atoms with E-state index in [2.05, 4.69) is 10.5 Å². The third-order valence-corrected chi connectivity index (χ3v) is 3.49. The van der Waals surface area contributed by atoms with Crippen molar-refractivity contribution in [2.24, 2.45) is 5.92 Å². The molecule has 0 bridgehead atoms. The molecular weight excluding hydrogens is 300 g/mol. The number of carbonyl (C=O) groups is 2. The van der Waals surface area contributed by atoms with Gasteiger partial charge in [0, 0.05) is 0 Å². The molecule has 2 aromatic heterocycles. The fourth-order valence-electron chi connectivity index (χ4n) is 2.06. The van der Waals surface area contributed by atoms with Gasteiger partial charge in [0.05, 0.1) is 17.5 Å². The quantitative estimate of drug-likeness (QED) is 0.821. The first-order valence-corrected chi connectivity index (χ1v) is 7.33. The van der Waals surface area contributed by atoms with Crippen molar-refractivity contribution in [2.45, 2.75) is 40.3 Å². The summed E-state index contributed by atoms with van der Waals surface area (Å²) in [4.78, 5) is 24.3. The molecule has 7 nitrogen and oxygen atoms in total. The number of rotatable bonds is 6. The lowest BCUT2D eigenvalue weighted by molar-refractivity contribution is -0.148. The molecule has 124 valence electrons. The summed E-state index contributed by atoms with van der Waals surface area (Å²) in [5.41, 5.74) is 1.41. The van der Waals surface area contributed by atoms with E-state index in [1.54, 1.807) is 19.9 Å². The van der Waals surface area contributed by atoms with Crippen LogP contribution in [0.1, 0.15) is 41.4 Å². The Bertz CT molecular complexity index is 653. The Kier molecular flexibility index (Phi) is 5.20. The summed E-state index contributed by atoms with van der Waals surface area (Å²) in [6, 6.07) is 2.37. The molecule has 0 aromatic carbocycles. The van der Waals surface area contributed by atoms with Gasteiger partial charge in [0.15, 0.2) is 5.76 Å². The smallest absolute Gasteiger partial charge is 0.329 e. The van der Waals surface area contributed by atoms with Crippen molar-refractivity contribution < 1.29 is 23.3 Å². The van der Waals surface area contributed by atoms with E-state index in [9.17, 15) is 9.59 Å². The molecular formula is C16H20N2O5. The topological polar surface area (TPSA) is 94.6 Å². The Morgan fingerprint density at radius 3 is 2.61 bits per heavy atom. The van der Waals surface area contributed by atoms with Crippen LogP contribution >= 0.6 is 0 Å². The van der Waals surface area contributed by atoms with Crippen LogP contribution in [0, 0.1) is 19.8 Å². The lowest BCUT2D eigenvalue weighted by Crippen LogP contribution is -2.45. The first kappa shape index (κ1) is 16.8. The van der Waals surface area contributed by atoms with Gasteiger partial charge in [0.1, 0.15) is 18.4 Å². The second kappa shape index (κ2) is 7.13. The zero-order valence-electron chi connectivity index (χ0n) is 13.6. The van der Waals surface area contributed by atoms with Crippen molar-refractivity contribution in [1.82, 2.24) is 10.5 Å². The number of nitrogens with one attached hydrogen (secondary N) is 1. The third kappa shape index (κ3) is 4.00. The van der Waals surface area contributed by atoms with Crippen LogP contribution in [0.2, 0.25) is 0 Å². The Morgan fingerprint density at radius 1 is 1.35 bits per heavy atom. The fourth-order valence-corrected chi connectivity index (χ4v) is 2.06. The minimum absolute atomic E-state index is 0.0554. The maximum atomic E-state index is 12.3. The van der Waals surface area contributed by atoms with Gasteiger partial charge < -0.3 is 19.0 Å². The molecule has 0 unspecified atom stereocenters. The Balaban J connectivity index is 2.00. The summed E-state index contributed by atoms with van der Waals surface area (Å²) < 4.78 is 15.4. The van der Waals surface area contributed by atoms with Crippen molar-refractivity contribution in [3.05, 3.63) is 41.2 Å². The number of nitrogens with zero attached hydrogens (tertiary/aromatic N) is 1. The highest BCUT2D eigenvalue weighted by atomic mass is 16.5. The van der Waals surface area contributed by atoms with Gasteiger partial charge in [-0.15, -0.1) is 0 Å². The number of furan rings is 1. The van der Waals surface area contributed by atoms with Gasteiger partial charge in [-0.25, -0.2) is 4.79 Å². The van der Waals surface area contributed by atoms with Crippen molar-refractivity contribution in [2.75, 3.05) is 0 Å². The summed E-state index contributed by atoms with van der Waals surface area (Å²) in [6.07, 6.45) is 1.40. The zero-order chi connectivity index (χ0) is 17.0. The van der Waals surface area contributed by atoms with Crippen LogP contribution in [0.25, 0.3) is 0 Å². The van der Waals surface area contributed by atoms with Crippen molar-refractivity contribution in [3.8, 4) is 0 Å². The maximum Gasteiger partial charge on any atom is 0.329 e. The van der Waals surface area contributed by atoms with Crippen LogP contribution < -0.4 is 5.32 Å². The first-order chi connectivity index (χ1) is 10.9. The number of aryl methyl sites for hydroxylation is 2. The molecule has 0 saturated carbocycles. The second-order valence-electron chi connectivity index (χ2n) is 5.58. The van der Waals surface area contributed by atoms with E-state index in [-0.39, 0.29) is 18.3 Å². The molecule has 1 amide bonds. The van der Waals surface area contributed by atoms with Crippen LogP contribution in [0.3, 0.4) is 0 Å². The summed E-state index contributed by atoms with van der Waals surface area (Å²) >= 11 is 0. The Hall–Kier alpha value is -2.57.